The number of benzene rings is 1. The Kier molecular flexibility index (Phi) is 5.61. The Hall–Kier alpha value is -2.04. The van der Waals surface area contributed by atoms with Crippen LogP contribution in [0.25, 0.3) is 0 Å². The van der Waals surface area contributed by atoms with Crippen molar-refractivity contribution in [3.05, 3.63) is 24.3 Å². The molecule has 136 valence electrons. The van der Waals surface area contributed by atoms with Crippen molar-refractivity contribution < 1.29 is 9.59 Å². The predicted molar refractivity (Wildman–Crippen MR) is 101 cm³/mol. The van der Waals surface area contributed by atoms with Gasteiger partial charge in [0.15, 0.2) is 0 Å². The van der Waals surface area contributed by atoms with Crippen LogP contribution in [0.1, 0.15) is 39.5 Å². The molecule has 0 saturated carbocycles. The molecule has 0 unspecified atom stereocenters. The van der Waals surface area contributed by atoms with Gasteiger partial charge in [-0.15, -0.1) is 0 Å². The summed E-state index contributed by atoms with van der Waals surface area (Å²) in [5, 5.41) is 3.03. The Balaban J connectivity index is 1.51. The van der Waals surface area contributed by atoms with Gasteiger partial charge in [0.25, 0.3) is 0 Å². The number of hydrogen-bond acceptors (Lipinski definition) is 3. The quantitative estimate of drug-likeness (QED) is 0.917. The smallest absolute Gasteiger partial charge is 0.227 e. The van der Waals surface area contributed by atoms with Crippen LogP contribution in [0.5, 0.6) is 0 Å². The van der Waals surface area contributed by atoms with Crippen molar-refractivity contribution >= 4 is 23.2 Å². The van der Waals surface area contributed by atoms with Crippen LogP contribution in [0.3, 0.4) is 0 Å². The van der Waals surface area contributed by atoms with E-state index in [4.69, 9.17) is 0 Å². The molecule has 0 bridgehead atoms. The highest BCUT2D eigenvalue weighted by atomic mass is 16.2. The van der Waals surface area contributed by atoms with Gasteiger partial charge >= 0.3 is 0 Å². The summed E-state index contributed by atoms with van der Waals surface area (Å²) in [6.45, 7) is 7.49. The lowest BCUT2D eigenvalue weighted by Gasteiger charge is -2.32. The van der Waals surface area contributed by atoms with E-state index < -0.39 is 0 Å². The topological polar surface area (TPSA) is 52.7 Å². The number of carbonyl (C=O) groups excluding carboxylic acids is 2. The van der Waals surface area contributed by atoms with Gasteiger partial charge in [-0.05, 0) is 55.9 Å². The lowest BCUT2D eigenvalue weighted by atomic mass is 9.95. The molecule has 0 atom stereocenters. The minimum atomic E-state index is -0.00106. The zero-order chi connectivity index (χ0) is 17.8. The third kappa shape index (κ3) is 4.53. The summed E-state index contributed by atoms with van der Waals surface area (Å²) in [7, 11) is 0. The van der Waals surface area contributed by atoms with E-state index in [1.807, 2.05) is 17.0 Å². The molecule has 2 saturated heterocycles. The fourth-order valence-electron chi connectivity index (χ4n) is 3.72. The standard InChI is InChI=1S/C20H29N3O2/c1-15-7-11-23(12-8-15)19-5-3-18(4-6-19)21-20(25)17-9-13-22(14-10-17)16(2)24/h3-6,15,17H,7-14H2,1-2H3,(H,21,25). The van der Waals surface area contributed by atoms with Crippen LogP contribution in [-0.4, -0.2) is 42.9 Å². The number of piperidine rings is 2. The van der Waals surface area contributed by atoms with Gasteiger partial charge in [0.2, 0.25) is 11.8 Å². The number of likely N-dealkylation sites (tertiary alicyclic amines) is 1. The lowest BCUT2D eigenvalue weighted by molar-refractivity contribution is -0.132. The molecule has 2 amide bonds. The van der Waals surface area contributed by atoms with E-state index in [1.54, 1.807) is 6.92 Å². The Bertz CT molecular complexity index is 598. The molecular weight excluding hydrogens is 314 g/mol. The molecule has 0 aliphatic carbocycles. The van der Waals surface area contributed by atoms with E-state index >= 15 is 0 Å². The van der Waals surface area contributed by atoms with E-state index in [2.05, 4.69) is 29.3 Å². The summed E-state index contributed by atoms with van der Waals surface area (Å²) in [6, 6.07) is 8.19. The van der Waals surface area contributed by atoms with Gasteiger partial charge in [-0.1, -0.05) is 6.92 Å². The summed E-state index contributed by atoms with van der Waals surface area (Å²) in [5.74, 6) is 0.993. The second kappa shape index (κ2) is 7.89. The molecule has 2 heterocycles. The van der Waals surface area contributed by atoms with E-state index in [-0.39, 0.29) is 17.7 Å². The first-order valence-corrected chi connectivity index (χ1v) is 9.44. The van der Waals surface area contributed by atoms with Gasteiger partial charge in [0, 0.05) is 50.4 Å². The minimum absolute atomic E-state index is 0.00106. The average molecular weight is 343 g/mol. The highest BCUT2D eigenvalue weighted by molar-refractivity contribution is 5.93. The number of rotatable bonds is 3. The van der Waals surface area contributed by atoms with Crippen molar-refractivity contribution in [3.8, 4) is 0 Å². The van der Waals surface area contributed by atoms with Crippen LogP contribution < -0.4 is 10.2 Å². The normalized spacial score (nSPS) is 19.8. The molecule has 25 heavy (non-hydrogen) atoms. The number of hydrogen-bond donors (Lipinski definition) is 1. The number of carbonyl (C=O) groups is 2. The van der Waals surface area contributed by atoms with Crippen molar-refractivity contribution in [1.29, 1.82) is 0 Å². The number of nitrogens with zero attached hydrogens (tertiary/aromatic N) is 2. The maximum Gasteiger partial charge on any atom is 0.227 e. The van der Waals surface area contributed by atoms with Crippen LogP contribution in [0, 0.1) is 11.8 Å². The molecular formula is C20H29N3O2. The molecule has 1 N–H and O–H groups in total. The molecule has 2 fully saturated rings. The third-order valence-electron chi connectivity index (χ3n) is 5.59. The maximum absolute atomic E-state index is 12.4. The van der Waals surface area contributed by atoms with Gasteiger partial charge in [-0.25, -0.2) is 0 Å². The first-order valence-electron chi connectivity index (χ1n) is 9.44. The number of nitrogens with one attached hydrogen (secondary N) is 1. The summed E-state index contributed by atoms with van der Waals surface area (Å²) in [6.07, 6.45) is 3.99. The van der Waals surface area contributed by atoms with E-state index in [1.165, 1.54) is 18.5 Å². The van der Waals surface area contributed by atoms with Crippen molar-refractivity contribution in [2.45, 2.75) is 39.5 Å². The highest BCUT2D eigenvalue weighted by Gasteiger charge is 2.26. The van der Waals surface area contributed by atoms with E-state index in [9.17, 15) is 9.59 Å². The fraction of sp³-hybridized carbons (Fsp3) is 0.600. The van der Waals surface area contributed by atoms with Gasteiger partial charge in [-0.3, -0.25) is 9.59 Å². The molecule has 1 aromatic rings. The minimum Gasteiger partial charge on any atom is -0.372 e. The molecule has 0 spiro atoms. The first kappa shape index (κ1) is 17.8. The van der Waals surface area contributed by atoms with Crippen LogP contribution >= 0.6 is 0 Å². The van der Waals surface area contributed by atoms with Gasteiger partial charge in [-0.2, -0.15) is 0 Å². The Labute approximate surface area is 150 Å². The Morgan fingerprint density at radius 3 is 2.12 bits per heavy atom. The molecule has 2 aliphatic heterocycles. The van der Waals surface area contributed by atoms with Gasteiger partial charge in [0.1, 0.15) is 0 Å². The monoisotopic (exact) mass is 343 g/mol. The second-order valence-corrected chi connectivity index (χ2v) is 7.49. The fourth-order valence-corrected chi connectivity index (χ4v) is 3.72. The van der Waals surface area contributed by atoms with Crippen molar-refractivity contribution in [2.75, 3.05) is 36.4 Å². The summed E-state index contributed by atoms with van der Waals surface area (Å²) >= 11 is 0. The van der Waals surface area contributed by atoms with E-state index in [0.717, 1.165) is 37.5 Å². The second-order valence-electron chi connectivity index (χ2n) is 7.49. The maximum atomic E-state index is 12.4. The van der Waals surface area contributed by atoms with Crippen LogP contribution in [0.15, 0.2) is 24.3 Å². The van der Waals surface area contributed by atoms with Crippen LogP contribution in [-0.2, 0) is 9.59 Å². The largest absolute Gasteiger partial charge is 0.372 e. The molecule has 2 aliphatic rings. The van der Waals surface area contributed by atoms with Crippen molar-refractivity contribution in [2.24, 2.45) is 11.8 Å². The molecule has 3 rings (SSSR count). The third-order valence-corrected chi connectivity index (χ3v) is 5.59. The van der Waals surface area contributed by atoms with Gasteiger partial charge in [0.05, 0.1) is 0 Å². The molecule has 0 aromatic heterocycles. The first-order chi connectivity index (χ1) is 12.0. The number of anilines is 2. The Morgan fingerprint density at radius 1 is 0.960 bits per heavy atom. The van der Waals surface area contributed by atoms with Crippen molar-refractivity contribution in [1.82, 2.24) is 4.90 Å². The lowest BCUT2D eigenvalue weighted by Crippen LogP contribution is -2.40. The Morgan fingerprint density at radius 2 is 1.56 bits per heavy atom. The zero-order valence-electron chi connectivity index (χ0n) is 15.3. The molecule has 0 radical (unpaired) electrons. The summed E-state index contributed by atoms with van der Waals surface area (Å²) in [4.78, 5) is 28.0. The van der Waals surface area contributed by atoms with E-state index in [0.29, 0.717) is 13.1 Å². The highest BCUT2D eigenvalue weighted by Crippen LogP contribution is 2.25. The van der Waals surface area contributed by atoms with Gasteiger partial charge < -0.3 is 15.1 Å². The molecule has 1 aromatic carbocycles. The summed E-state index contributed by atoms with van der Waals surface area (Å²) in [5.41, 5.74) is 2.09. The average Bonchev–Trinajstić information content (AvgIpc) is 2.63. The van der Waals surface area contributed by atoms with Crippen LogP contribution in [0.4, 0.5) is 11.4 Å². The predicted octanol–water partition coefficient (Wildman–Crippen LogP) is 3.12. The molecule has 5 nitrogen and oxygen atoms in total. The van der Waals surface area contributed by atoms with Crippen LogP contribution in [0.2, 0.25) is 0 Å². The summed E-state index contributed by atoms with van der Waals surface area (Å²) < 4.78 is 0. The van der Waals surface area contributed by atoms with Crippen molar-refractivity contribution in [3.63, 3.8) is 0 Å². The molecule has 5 heteroatoms. The SMILES string of the molecule is CC(=O)N1CCC(C(=O)Nc2ccc(N3CCC(C)CC3)cc2)CC1. The zero-order valence-corrected chi connectivity index (χ0v) is 15.3. The number of amides is 2.